The average Bonchev–Trinajstić information content (AvgIpc) is 3.14. The molecule has 1 aromatic heterocycles. The van der Waals surface area contributed by atoms with Crippen molar-refractivity contribution < 1.29 is 14.3 Å². The number of carbonyl (C=O) groups excluding carboxylic acids is 1. The summed E-state index contributed by atoms with van der Waals surface area (Å²) < 4.78 is 10.6. The van der Waals surface area contributed by atoms with E-state index >= 15 is 0 Å². The lowest BCUT2D eigenvalue weighted by Crippen LogP contribution is -2.12. The Balaban J connectivity index is 1.45. The number of aromatic nitrogens is 1. The number of rotatable bonds is 4. The molecule has 0 aliphatic carbocycles. The summed E-state index contributed by atoms with van der Waals surface area (Å²) in [5.41, 5.74) is 4.46. The molecule has 2 N–H and O–H groups in total. The minimum atomic E-state index is -0.231. The number of hydrogen-bond acceptors (Lipinski definition) is 5. The molecule has 0 spiro atoms. The van der Waals surface area contributed by atoms with Gasteiger partial charge < -0.3 is 20.1 Å². The molecule has 1 amide bonds. The van der Waals surface area contributed by atoms with Gasteiger partial charge in [-0.25, -0.2) is 4.98 Å². The van der Waals surface area contributed by atoms with Gasteiger partial charge in [-0.1, -0.05) is 18.2 Å². The van der Waals surface area contributed by atoms with Crippen molar-refractivity contribution in [1.29, 1.82) is 0 Å². The van der Waals surface area contributed by atoms with Crippen molar-refractivity contribution in [2.45, 2.75) is 13.8 Å². The Hall–Kier alpha value is -3.54. The number of nitrogens with zero attached hydrogens (tertiary/aromatic N) is 1. The summed E-state index contributed by atoms with van der Waals surface area (Å²) in [7, 11) is 0. The summed E-state index contributed by atoms with van der Waals surface area (Å²) in [6.07, 6.45) is 1.63. The molecule has 0 fully saturated rings. The van der Waals surface area contributed by atoms with Crippen molar-refractivity contribution in [1.82, 2.24) is 4.98 Å². The number of benzene rings is 2. The Kier molecular flexibility index (Phi) is 4.38. The smallest absolute Gasteiger partial charge is 0.255 e. The molecule has 2 aromatic carbocycles. The lowest BCUT2D eigenvalue weighted by molar-refractivity contribution is 0.102. The number of fused-ring (bicyclic) bond motifs is 1. The third-order valence-electron chi connectivity index (χ3n) is 4.39. The van der Waals surface area contributed by atoms with Gasteiger partial charge >= 0.3 is 0 Å². The van der Waals surface area contributed by atoms with Crippen LogP contribution in [0.15, 0.2) is 54.7 Å². The quantitative estimate of drug-likeness (QED) is 0.719. The maximum atomic E-state index is 12.4. The first kappa shape index (κ1) is 16.9. The van der Waals surface area contributed by atoms with Crippen LogP contribution >= 0.6 is 0 Å². The second-order valence-corrected chi connectivity index (χ2v) is 6.35. The number of nitrogens with one attached hydrogen (secondary N) is 2. The highest BCUT2D eigenvalue weighted by atomic mass is 16.7. The van der Waals surface area contributed by atoms with Gasteiger partial charge in [0.05, 0.1) is 11.9 Å². The van der Waals surface area contributed by atoms with Gasteiger partial charge in [0.25, 0.3) is 5.91 Å². The fraction of sp³-hybridized carbons (Fsp3) is 0.143. The molecule has 0 saturated heterocycles. The van der Waals surface area contributed by atoms with Crippen LogP contribution < -0.4 is 20.1 Å². The minimum absolute atomic E-state index is 0.180. The van der Waals surface area contributed by atoms with E-state index in [1.807, 2.05) is 18.2 Å². The highest BCUT2D eigenvalue weighted by Gasteiger charge is 2.16. The second kappa shape index (κ2) is 6.99. The number of amides is 1. The van der Waals surface area contributed by atoms with Crippen molar-refractivity contribution >= 4 is 23.1 Å². The van der Waals surface area contributed by atoms with E-state index in [1.54, 1.807) is 24.4 Å². The fourth-order valence-electron chi connectivity index (χ4n) is 2.92. The largest absolute Gasteiger partial charge is 0.454 e. The van der Waals surface area contributed by atoms with Gasteiger partial charge in [0.1, 0.15) is 5.82 Å². The van der Waals surface area contributed by atoms with E-state index < -0.39 is 0 Å². The molecular formula is C21H19N3O3. The van der Waals surface area contributed by atoms with Crippen molar-refractivity contribution in [2.24, 2.45) is 0 Å². The number of hydrogen-bond donors (Lipinski definition) is 2. The number of para-hydroxylation sites is 1. The van der Waals surface area contributed by atoms with Crippen molar-refractivity contribution in [3.05, 3.63) is 71.4 Å². The van der Waals surface area contributed by atoms with Gasteiger partial charge in [-0.15, -0.1) is 0 Å². The summed E-state index contributed by atoms with van der Waals surface area (Å²) in [4.78, 5) is 16.8. The maximum Gasteiger partial charge on any atom is 0.255 e. The molecule has 0 unspecified atom stereocenters. The lowest BCUT2D eigenvalue weighted by Gasteiger charge is -2.12. The van der Waals surface area contributed by atoms with Crippen LogP contribution in [0.5, 0.6) is 11.5 Å². The highest BCUT2D eigenvalue weighted by Crippen LogP contribution is 2.32. The summed E-state index contributed by atoms with van der Waals surface area (Å²) in [5.74, 6) is 1.71. The van der Waals surface area contributed by atoms with Crippen LogP contribution in [0.4, 0.5) is 17.2 Å². The molecule has 1 aliphatic rings. The molecule has 1 aliphatic heterocycles. The maximum absolute atomic E-state index is 12.4. The normalized spacial score (nSPS) is 11.9. The SMILES string of the molecule is Cc1cccc(C)c1Nc1ccc(NC(=O)c2ccc3c(c2)OCO3)cn1. The number of aryl methyl sites for hydroxylation is 2. The molecule has 0 saturated carbocycles. The topological polar surface area (TPSA) is 72.5 Å². The first-order chi connectivity index (χ1) is 13.1. The molecule has 4 rings (SSSR count). The summed E-state index contributed by atoms with van der Waals surface area (Å²) in [5, 5.41) is 6.16. The van der Waals surface area contributed by atoms with Crippen molar-refractivity contribution in [3.63, 3.8) is 0 Å². The predicted molar refractivity (Wildman–Crippen MR) is 104 cm³/mol. The van der Waals surface area contributed by atoms with Gasteiger partial charge in [-0.2, -0.15) is 0 Å². The third-order valence-corrected chi connectivity index (χ3v) is 4.39. The van der Waals surface area contributed by atoms with Crippen LogP contribution in [0.2, 0.25) is 0 Å². The fourth-order valence-corrected chi connectivity index (χ4v) is 2.92. The molecule has 2 heterocycles. The molecule has 27 heavy (non-hydrogen) atoms. The van der Waals surface area contributed by atoms with E-state index in [1.165, 1.54) is 0 Å². The number of carbonyl (C=O) groups is 1. The molecule has 0 bridgehead atoms. The van der Waals surface area contributed by atoms with Crippen LogP contribution in [0.25, 0.3) is 0 Å². The van der Waals surface area contributed by atoms with E-state index in [0.717, 1.165) is 16.8 Å². The van der Waals surface area contributed by atoms with Crippen LogP contribution in [-0.4, -0.2) is 17.7 Å². The Bertz CT molecular complexity index is 980. The summed E-state index contributed by atoms with van der Waals surface area (Å²) in [6, 6.07) is 14.9. The summed E-state index contributed by atoms with van der Waals surface area (Å²) >= 11 is 0. The van der Waals surface area contributed by atoms with Crippen molar-refractivity contribution in [3.8, 4) is 11.5 Å². The Morgan fingerprint density at radius 2 is 1.78 bits per heavy atom. The van der Waals surface area contributed by atoms with Gasteiger partial charge in [-0.3, -0.25) is 4.79 Å². The summed E-state index contributed by atoms with van der Waals surface area (Å²) in [6.45, 7) is 4.28. The van der Waals surface area contributed by atoms with Crippen LogP contribution in [0, 0.1) is 13.8 Å². The molecule has 0 atom stereocenters. The number of pyridine rings is 1. The molecule has 6 heteroatoms. The van der Waals surface area contributed by atoms with Gasteiger partial charge in [0, 0.05) is 11.3 Å². The van der Waals surface area contributed by atoms with Gasteiger partial charge in [-0.05, 0) is 55.3 Å². The predicted octanol–water partition coefficient (Wildman–Crippen LogP) is 4.42. The molecule has 3 aromatic rings. The zero-order chi connectivity index (χ0) is 18.8. The van der Waals surface area contributed by atoms with E-state index in [2.05, 4.69) is 41.6 Å². The Morgan fingerprint density at radius 1 is 1.00 bits per heavy atom. The van der Waals surface area contributed by atoms with Crippen LogP contribution in [0.1, 0.15) is 21.5 Å². The Labute approximate surface area is 157 Å². The zero-order valence-corrected chi connectivity index (χ0v) is 15.1. The lowest BCUT2D eigenvalue weighted by atomic mass is 10.1. The van der Waals surface area contributed by atoms with Crippen LogP contribution in [0.3, 0.4) is 0 Å². The highest BCUT2D eigenvalue weighted by molar-refractivity contribution is 6.04. The van der Waals surface area contributed by atoms with Crippen molar-refractivity contribution in [2.75, 3.05) is 17.4 Å². The van der Waals surface area contributed by atoms with Gasteiger partial charge in [0.2, 0.25) is 6.79 Å². The van der Waals surface area contributed by atoms with E-state index in [0.29, 0.717) is 28.6 Å². The first-order valence-electron chi connectivity index (χ1n) is 8.60. The first-order valence-corrected chi connectivity index (χ1v) is 8.60. The molecule has 136 valence electrons. The average molecular weight is 361 g/mol. The van der Waals surface area contributed by atoms with E-state index in [9.17, 15) is 4.79 Å². The minimum Gasteiger partial charge on any atom is -0.454 e. The third kappa shape index (κ3) is 3.55. The molecule has 0 radical (unpaired) electrons. The second-order valence-electron chi connectivity index (χ2n) is 6.35. The van der Waals surface area contributed by atoms with E-state index in [4.69, 9.17) is 9.47 Å². The van der Waals surface area contributed by atoms with E-state index in [-0.39, 0.29) is 12.7 Å². The number of ether oxygens (including phenoxy) is 2. The van der Waals surface area contributed by atoms with Gasteiger partial charge in [0.15, 0.2) is 11.5 Å². The van der Waals surface area contributed by atoms with Crippen LogP contribution in [-0.2, 0) is 0 Å². The monoisotopic (exact) mass is 361 g/mol. The molecule has 6 nitrogen and oxygen atoms in total. The standard InChI is InChI=1S/C21H19N3O3/c1-13-4-3-5-14(2)20(13)24-19-9-7-16(11-22-19)23-21(25)15-6-8-17-18(10-15)27-12-26-17/h3-11H,12H2,1-2H3,(H,22,24)(H,23,25). The molecular weight excluding hydrogens is 342 g/mol. The zero-order valence-electron chi connectivity index (χ0n) is 15.1. The number of anilines is 3. The Morgan fingerprint density at radius 3 is 2.52 bits per heavy atom.